The largest absolute Gasteiger partial charge is 0.491 e. The molecule has 0 radical (unpaired) electrons. The first-order valence-electron chi connectivity index (χ1n) is 11.6. The molecule has 0 atom stereocenters. The molecule has 5 rings (SSSR count). The van der Waals surface area contributed by atoms with Crippen molar-refractivity contribution >= 4 is 34.2 Å². The molecule has 1 aliphatic heterocycles. The summed E-state index contributed by atoms with van der Waals surface area (Å²) in [5.41, 5.74) is 1.43. The zero-order valence-electron chi connectivity index (χ0n) is 18.7. The van der Waals surface area contributed by atoms with Crippen LogP contribution in [0.3, 0.4) is 0 Å². The van der Waals surface area contributed by atoms with Crippen LogP contribution in [0.4, 0.5) is 5.69 Å². The van der Waals surface area contributed by atoms with Gasteiger partial charge in [0.05, 0.1) is 23.1 Å². The maximum atomic E-state index is 12.9. The number of carbonyl (C=O) groups excluding carboxylic acids is 1. The molecule has 178 valence electrons. The Kier molecular flexibility index (Phi) is 6.59. The highest BCUT2D eigenvalue weighted by Crippen LogP contribution is 2.33. The molecule has 7 nitrogen and oxygen atoms in total. The monoisotopic (exact) mass is 483 g/mol. The van der Waals surface area contributed by atoms with Gasteiger partial charge in [-0.1, -0.05) is 11.6 Å². The summed E-state index contributed by atoms with van der Waals surface area (Å²) in [6.07, 6.45) is 3.33. The van der Waals surface area contributed by atoms with Gasteiger partial charge in [0.2, 0.25) is 5.91 Å². The number of anilines is 1. The molecule has 2 aromatic carbocycles. The Morgan fingerprint density at radius 3 is 2.59 bits per heavy atom. The lowest BCUT2D eigenvalue weighted by molar-refractivity contribution is -0.117. The van der Waals surface area contributed by atoms with E-state index in [0.29, 0.717) is 65.3 Å². The van der Waals surface area contributed by atoms with E-state index in [1.807, 2.05) is 24.3 Å². The van der Waals surface area contributed by atoms with Crippen LogP contribution in [0.2, 0.25) is 5.02 Å². The average molecular weight is 484 g/mol. The molecular weight excluding hydrogens is 458 g/mol. The van der Waals surface area contributed by atoms with Gasteiger partial charge in [-0.05, 0) is 61.6 Å². The minimum atomic E-state index is -0.219. The molecule has 1 saturated carbocycles. The van der Waals surface area contributed by atoms with Crippen molar-refractivity contribution in [1.29, 1.82) is 0 Å². The van der Waals surface area contributed by atoms with E-state index in [1.165, 1.54) is 6.07 Å². The van der Waals surface area contributed by atoms with Crippen LogP contribution in [0.5, 0.6) is 5.75 Å². The van der Waals surface area contributed by atoms with Crippen LogP contribution >= 0.6 is 11.6 Å². The van der Waals surface area contributed by atoms with Crippen molar-refractivity contribution in [1.82, 2.24) is 0 Å². The number of fused-ring (bicyclic) bond motifs is 1. The quantitative estimate of drug-likeness (QED) is 0.477. The van der Waals surface area contributed by atoms with Crippen molar-refractivity contribution in [3.05, 3.63) is 57.7 Å². The van der Waals surface area contributed by atoms with Gasteiger partial charge in [-0.15, -0.1) is 0 Å². The lowest BCUT2D eigenvalue weighted by Gasteiger charge is -2.33. The second-order valence-electron chi connectivity index (χ2n) is 8.81. The Morgan fingerprint density at radius 2 is 1.88 bits per heavy atom. The van der Waals surface area contributed by atoms with Crippen molar-refractivity contribution < 1.29 is 23.8 Å². The number of hydrogen-bond donors (Lipinski definition) is 1. The third-order valence-corrected chi connectivity index (χ3v) is 6.73. The van der Waals surface area contributed by atoms with E-state index in [2.05, 4.69) is 0 Å². The Balaban J connectivity index is 1.27. The highest BCUT2D eigenvalue weighted by Gasteiger charge is 2.29. The fourth-order valence-electron chi connectivity index (χ4n) is 4.47. The minimum absolute atomic E-state index is 0.0312. The van der Waals surface area contributed by atoms with Crippen molar-refractivity contribution in [2.24, 2.45) is 5.92 Å². The molecule has 2 fully saturated rings. The second kappa shape index (κ2) is 9.78. The van der Waals surface area contributed by atoms with Gasteiger partial charge in [-0.3, -0.25) is 9.59 Å². The highest BCUT2D eigenvalue weighted by molar-refractivity contribution is 6.35. The molecule has 1 saturated heterocycles. The SMILES string of the molecule is O=C1CCCN1c1cc(Cl)c2oc(-c3ccc(OCCOC4CC(CO)C4)cc3)cc(=O)c2c1. The van der Waals surface area contributed by atoms with Crippen LogP contribution in [0.25, 0.3) is 22.3 Å². The van der Waals surface area contributed by atoms with Crippen molar-refractivity contribution in [2.45, 2.75) is 31.8 Å². The van der Waals surface area contributed by atoms with Crippen molar-refractivity contribution in [3.63, 3.8) is 0 Å². The molecule has 2 heterocycles. The zero-order chi connectivity index (χ0) is 23.7. The number of ether oxygens (including phenoxy) is 2. The van der Waals surface area contributed by atoms with Crippen LogP contribution in [-0.4, -0.2) is 43.5 Å². The van der Waals surface area contributed by atoms with Crippen molar-refractivity contribution in [2.75, 3.05) is 31.3 Å². The van der Waals surface area contributed by atoms with Crippen LogP contribution in [-0.2, 0) is 9.53 Å². The summed E-state index contributed by atoms with van der Waals surface area (Å²) in [6.45, 7) is 1.78. The number of amides is 1. The lowest BCUT2D eigenvalue weighted by atomic mass is 9.83. The number of nitrogens with zero attached hydrogens (tertiary/aromatic N) is 1. The number of rotatable bonds is 8. The van der Waals surface area contributed by atoms with E-state index in [9.17, 15) is 9.59 Å². The number of benzene rings is 2. The fourth-order valence-corrected chi connectivity index (χ4v) is 4.72. The van der Waals surface area contributed by atoms with Crippen molar-refractivity contribution in [3.8, 4) is 17.1 Å². The predicted octanol–water partition coefficient (Wildman–Crippen LogP) is 4.41. The summed E-state index contributed by atoms with van der Waals surface area (Å²) < 4.78 is 17.4. The van der Waals surface area contributed by atoms with Gasteiger partial charge in [-0.2, -0.15) is 0 Å². The molecule has 3 aromatic rings. The summed E-state index contributed by atoms with van der Waals surface area (Å²) in [5.74, 6) is 1.50. The van der Waals surface area contributed by atoms with Gasteiger partial charge >= 0.3 is 0 Å². The second-order valence-corrected chi connectivity index (χ2v) is 9.22. The molecule has 2 aliphatic rings. The van der Waals surface area contributed by atoms with E-state index >= 15 is 0 Å². The molecule has 1 amide bonds. The number of carbonyl (C=O) groups is 1. The Bertz CT molecular complexity index is 1250. The Morgan fingerprint density at radius 1 is 1.09 bits per heavy atom. The lowest BCUT2D eigenvalue weighted by Crippen LogP contribution is -2.34. The third kappa shape index (κ3) is 4.69. The Labute approximate surface area is 201 Å². The first-order valence-corrected chi connectivity index (χ1v) is 11.9. The van der Waals surface area contributed by atoms with E-state index in [1.54, 1.807) is 17.0 Å². The summed E-state index contributed by atoms with van der Waals surface area (Å²) in [7, 11) is 0. The van der Waals surface area contributed by atoms with E-state index in [-0.39, 0.29) is 24.0 Å². The molecular formula is C26H26ClNO6. The molecule has 8 heteroatoms. The van der Waals surface area contributed by atoms with Gasteiger partial charge in [0.25, 0.3) is 0 Å². The van der Waals surface area contributed by atoms with Gasteiger partial charge in [0, 0.05) is 36.9 Å². The summed E-state index contributed by atoms with van der Waals surface area (Å²) in [6, 6.07) is 12.1. The number of aliphatic hydroxyl groups is 1. The molecule has 0 unspecified atom stereocenters. The van der Waals surface area contributed by atoms with E-state index in [0.717, 1.165) is 24.8 Å². The number of halogens is 1. The average Bonchev–Trinajstić information content (AvgIpc) is 3.24. The van der Waals surface area contributed by atoms with E-state index < -0.39 is 0 Å². The standard InChI is InChI=1S/C26H26ClNO6/c27-22-13-18(28-7-1-2-25(28)31)12-21-23(30)14-24(34-26(21)22)17-3-5-19(6-4-17)32-8-9-33-20-10-16(11-20)15-29/h3-6,12-14,16,20,29H,1-2,7-11,15H2. The topological polar surface area (TPSA) is 89.2 Å². The molecule has 0 spiro atoms. The van der Waals surface area contributed by atoms with Crippen LogP contribution in [0.1, 0.15) is 25.7 Å². The first kappa shape index (κ1) is 22.9. The maximum Gasteiger partial charge on any atom is 0.227 e. The van der Waals surface area contributed by atoms with E-state index in [4.69, 9.17) is 30.6 Å². The van der Waals surface area contributed by atoms with Gasteiger partial charge in [0.15, 0.2) is 11.0 Å². The van der Waals surface area contributed by atoms with Crippen LogP contribution < -0.4 is 15.1 Å². The number of aliphatic hydroxyl groups excluding tert-OH is 1. The van der Waals surface area contributed by atoms with Gasteiger partial charge in [-0.25, -0.2) is 0 Å². The smallest absolute Gasteiger partial charge is 0.227 e. The first-order chi connectivity index (χ1) is 16.5. The Hall–Kier alpha value is -2.87. The normalized spacial score (nSPS) is 20.1. The maximum absolute atomic E-state index is 12.9. The summed E-state index contributed by atoms with van der Waals surface area (Å²) in [4.78, 5) is 26.6. The molecule has 1 aromatic heterocycles. The fraction of sp³-hybridized carbons (Fsp3) is 0.385. The molecule has 34 heavy (non-hydrogen) atoms. The molecule has 1 N–H and O–H groups in total. The summed E-state index contributed by atoms with van der Waals surface area (Å²) in [5, 5.41) is 9.69. The van der Waals surface area contributed by atoms with Gasteiger partial charge < -0.3 is 23.9 Å². The third-order valence-electron chi connectivity index (χ3n) is 6.45. The highest BCUT2D eigenvalue weighted by atomic mass is 35.5. The van der Waals surface area contributed by atoms with Crippen LogP contribution in [0.15, 0.2) is 51.7 Å². The minimum Gasteiger partial charge on any atom is -0.491 e. The summed E-state index contributed by atoms with van der Waals surface area (Å²) >= 11 is 6.45. The molecule has 0 bridgehead atoms. The van der Waals surface area contributed by atoms with Gasteiger partial charge in [0.1, 0.15) is 18.1 Å². The zero-order valence-corrected chi connectivity index (χ0v) is 19.4. The number of hydrogen-bond acceptors (Lipinski definition) is 6. The van der Waals surface area contributed by atoms with Crippen LogP contribution in [0, 0.1) is 5.92 Å². The molecule has 1 aliphatic carbocycles. The predicted molar refractivity (Wildman–Crippen MR) is 130 cm³/mol.